The van der Waals surface area contributed by atoms with Crippen molar-refractivity contribution in [1.82, 2.24) is 4.90 Å². The molecule has 2 saturated heterocycles. The molecule has 38 heavy (non-hydrogen) atoms. The van der Waals surface area contributed by atoms with E-state index in [0.29, 0.717) is 13.1 Å². The lowest BCUT2D eigenvalue weighted by atomic mass is 9.77. The molecule has 1 N–H and O–H groups in total. The van der Waals surface area contributed by atoms with E-state index in [1.54, 1.807) is 9.80 Å². The molecule has 2 aromatic carbocycles. The Bertz CT molecular complexity index is 1350. The van der Waals surface area contributed by atoms with Crippen molar-refractivity contribution < 1.29 is 24.2 Å². The molecule has 6 rings (SSSR count). The Morgan fingerprint density at radius 3 is 2.47 bits per heavy atom. The number of β-amino-alcohol motifs (C(OH)–C–C–N with tert-alkyl or cyclic N) is 1. The maximum atomic E-state index is 14.3. The summed E-state index contributed by atoms with van der Waals surface area (Å²) in [4.78, 5) is 47.2. The fourth-order valence-corrected chi connectivity index (χ4v) is 6.55. The largest absolute Gasteiger partial charge is 0.395 e. The van der Waals surface area contributed by atoms with Crippen LogP contribution < -0.4 is 9.80 Å². The molecule has 4 aliphatic rings. The van der Waals surface area contributed by atoms with Gasteiger partial charge in [-0.05, 0) is 43.2 Å². The average molecular weight is 514 g/mol. The van der Waals surface area contributed by atoms with Crippen LogP contribution in [0.2, 0.25) is 0 Å². The summed E-state index contributed by atoms with van der Waals surface area (Å²) in [5.41, 5.74) is 2.16. The van der Waals surface area contributed by atoms with E-state index < -0.39 is 29.6 Å². The lowest BCUT2D eigenvalue weighted by molar-refractivity contribution is -0.141. The third-order valence-corrected chi connectivity index (χ3v) is 8.22. The van der Waals surface area contributed by atoms with Gasteiger partial charge in [0.05, 0.1) is 24.5 Å². The molecule has 1 spiro atoms. The van der Waals surface area contributed by atoms with Gasteiger partial charge in [-0.3, -0.25) is 14.4 Å². The second-order valence-corrected chi connectivity index (χ2v) is 10.5. The van der Waals surface area contributed by atoms with Crippen LogP contribution in [-0.2, 0) is 19.1 Å². The number of ether oxygens (including phenoxy) is 1. The molecule has 2 aromatic rings. The first-order valence-corrected chi connectivity index (χ1v) is 13.1. The molecule has 4 aliphatic heterocycles. The van der Waals surface area contributed by atoms with Gasteiger partial charge in [0.25, 0.3) is 5.91 Å². The highest BCUT2D eigenvalue weighted by Crippen LogP contribution is 2.53. The molecule has 196 valence electrons. The quantitative estimate of drug-likeness (QED) is 0.634. The van der Waals surface area contributed by atoms with E-state index in [-0.39, 0.29) is 30.9 Å². The highest BCUT2D eigenvalue weighted by atomic mass is 16.5. The molecule has 3 amide bonds. The van der Waals surface area contributed by atoms with Gasteiger partial charge in [-0.25, -0.2) is 0 Å². The maximum Gasteiger partial charge on any atom is 0.253 e. The number of hydrogen-bond acceptors (Lipinski definition) is 5. The van der Waals surface area contributed by atoms with Gasteiger partial charge in [-0.15, -0.1) is 0 Å². The third-order valence-electron chi connectivity index (χ3n) is 8.22. The first kappa shape index (κ1) is 24.6. The lowest BCUT2D eigenvalue weighted by Gasteiger charge is -2.35. The summed E-state index contributed by atoms with van der Waals surface area (Å²) in [5, 5.41) is 9.87. The van der Waals surface area contributed by atoms with E-state index in [1.807, 2.05) is 86.7 Å². The summed E-state index contributed by atoms with van der Waals surface area (Å²) in [6.45, 7) is 4.28. The van der Waals surface area contributed by atoms with Crippen LogP contribution in [0.5, 0.6) is 0 Å². The Morgan fingerprint density at radius 2 is 1.71 bits per heavy atom. The van der Waals surface area contributed by atoms with E-state index >= 15 is 0 Å². The topological polar surface area (TPSA) is 90.4 Å². The van der Waals surface area contributed by atoms with Gasteiger partial charge in [0, 0.05) is 31.0 Å². The van der Waals surface area contributed by atoms with E-state index in [9.17, 15) is 19.5 Å². The number of benzene rings is 2. The van der Waals surface area contributed by atoms with Crippen molar-refractivity contribution >= 4 is 29.1 Å². The van der Waals surface area contributed by atoms with Crippen LogP contribution >= 0.6 is 0 Å². The Morgan fingerprint density at radius 1 is 0.947 bits per heavy atom. The van der Waals surface area contributed by atoms with Gasteiger partial charge in [0.1, 0.15) is 11.6 Å². The molecule has 8 heteroatoms. The summed E-state index contributed by atoms with van der Waals surface area (Å²) >= 11 is 0. The highest BCUT2D eigenvalue weighted by Gasteiger charge is 2.71. The number of likely N-dealkylation sites (tertiary alicyclic amines) is 1. The first-order valence-electron chi connectivity index (χ1n) is 13.1. The number of nitrogens with zero attached hydrogens (tertiary/aromatic N) is 3. The Balaban J connectivity index is 1.45. The molecule has 2 fully saturated rings. The molecule has 4 heterocycles. The number of rotatable bonds is 4. The van der Waals surface area contributed by atoms with Crippen molar-refractivity contribution in [3.8, 4) is 0 Å². The second-order valence-electron chi connectivity index (χ2n) is 10.5. The van der Waals surface area contributed by atoms with Crippen LogP contribution in [0.25, 0.3) is 0 Å². The van der Waals surface area contributed by atoms with E-state index in [0.717, 1.165) is 22.5 Å². The normalized spacial score (nSPS) is 30.3. The molecule has 1 unspecified atom stereocenters. The first-order chi connectivity index (χ1) is 18.4. The zero-order valence-electron chi connectivity index (χ0n) is 21.5. The number of aliphatic hydroxyl groups is 1. The standard InChI is InChI=1S/C30H31N3O5/c1-19-11-12-20(2)22(18-19)32-15-7-13-30-25(28(36)33(16-17-34)26(30)29(32)37)24-23(38-30)10-6-14-31(27(24)35)21-8-4-3-5-9-21/h3-13,18,23-26,34H,14-17H2,1-2H3/t23-,24+,25-,26?,30-/m0/s1. The second kappa shape index (κ2) is 9.22. The third kappa shape index (κ3) is 3.55. The van der Waals surface area contributed by atoms with Crippen LogP contribution in [0.15, 0.2) is 72.8 Å². The number of amides is 3. The maximum absolute atomic E-state index is 14.3. The number of anilines is 2. The van der Waals surface area contributed by atoms with Crippen molar-refractivity contribution in [2.75, 3.05) is 36.0 Å². The predicted molar refractivity (Wildman–Crippen MR) is 143 cm³/mol. The number of fused-ring (bicyclic) bond motifs is 2. The smallest absolute Gasteiger partial charge is 0.253 e. The molecule has 0 saturated carbocycles. The van der Waals surface area contributed by atoms with E-state index in [2.05, 4.69) is 0 Å². The van der Waals surface area contributed by atoms with Crippen molar-refractivity contribution in [3.63, 3.8) is 0 Å². The molecule has 0 aromatic heterocycles. The fourth-order valence-electron chi connectivity index (χ4n) is 6.55. The van der Waals surface area contributed by atoms with Crippen LogP contribution in [-0.4, -0.2) is 71.7 Å². The minimum Gasteiger partial charge on any atom is -0.395 e. The van der Waals surface area contributed by atoms with Crippen molar-refractivity contribution in [2.24, 2.45) is 11.8 Å². The Hall–Kier alpha value is -3.75. The zero-order chi connectivity index (χ0) is 26.6. The zero-order valence-corrected chi connectivity index (χ0v) is 21.5. The number of hydrogen-bond donors (Lipinski definition) is 1. The van der Waals surface area contributed by atoms with Crippen molar-refractivity contribution in [2.45, 2.75) is 31.6 Å². The highest BCUT2D eigenvalue weighted by molar-refractivity contribution is 6.07. The van der Waals surface area contributed by atoms with E-state index in [1.165, 1.54) is 4.90 Å². The predicted octanol–water partition coefficient (Wildman–Crippen LogP) is 2.38. The molecule has 0 aliphatic carbocycles. The Labute approximate surface area is 221 Å². The van der Waals surface area contributed by atoms with Gasteiger partial charge in [0.15, 0.2) is 0 Å². The number of carbonyl (C=O) groups excluding carboxylic acids is 3. The van der Waals surface area contributed by atoms with Crippen LogP contribution in [0.4, 0.5) is 11.4 Å². The fraction of sp³-hybridized carbons (Fsp3) is 0.367. The van der Waals surface area contributed by atoms with Crippen molar-refractivity contribution in [1.29, 1.82) is 0 Å². The summed E-state index contributed by atoms with van der Waals surface area (Å²) in [5.74, 6) is -2.50. The van der Waals surface area contributed by atoms with Gasteiger partial charge in [-0.1, -0.05) is 54.6 Å². The molecular formula is C30H31N3O5. The van der Waals surface area contributed by atoms with Crippen LogP contribution in [0.1, 0.15) is 11.1 Å². The number of aliphatic hydroxyl groups excluding tert-OH is 1. The summed E-state index contributed by atoms with van der Waals surface area (Å²) in [6.07, 6.45) is 6.79. The van der Waals surface area contributed by atoms with Gasteiger partial charge in [0.2, 0.25) is 11.8 Å². The molecular weight excluding hydrogens is 482 g/mol. The molecule has 8 nitrogen and oxygen atoms in total. The average Bonchev–Trinajstić information content (AvgIpc) is 3.21. The van der Waals surface area contributed by atoms with Crippen molar-refractivity contribution in [3.05, 3.63) is 84.0 Å². The van der Waals surface area contributed by atoms with Gasteiger partial charge in [-0.2, -0.15) is 0 Å². The van der Waals surface area contributed by atoms with Crippen LogP contribution in [0.3, 0.4) is 0 Å². The molecule has 0 radical (unpaired) electrons. The monoisotopic (exact) mass is 513 g/mol. The summed E-state index contributed by atoms with van der Waals surface area (Å²) < 4.78 is 6.64. The summed E-state index contributed by atoms with van der Waals surface area (Å²) in [6, 6.07) is 14.3. The molecule has 5 atom stereocenters. The van der Waals surface area contributed by atoms with E-state index in [4.69, 9.17) is 4.74 Å². The van der Waals surface area contributed by atoms with Gasteiger partial charge >= 0.3 is 0 Å². The Kier molecular flexibility index (Phi) is 5.96. The van der Waals surface area contributed by atoms with Gasteiger partial charge < -0.3 is 24.5 Å². The number of carbonyl (C=O) groups is 3. The molecule has 0 bridgehead atoms. The SMILES string of the molecule is Cc1ccc(C)c(N2CC=C[C@]34O[C@H]5C=CCN(c6ccccc6)C(=O)[C@H]5[C@H]3C(=O)N(CCO)C4C2=O)c1. The minimum atomic E-state index is -1.31. The number of para-hydroxylation sites is 1. The summed E-state index contributed by atoms with van der Waals surface area (Å²) in [7, 11) is 0. The minimum absolute atomic E-state index is 0.0187. The lowest BCUT2D eigenvalue weighted by Crippen LogP contribution is -2.55. The number of aryl methyl sites for hydroxylation is 2. The van der Waals surface area contributed by atoms with Crippen LogP contribution in [0, 0.1) is 25.7 Å².